The van der Waals surface area contributed by atoms with Crippen molar-refractivity contribution < 1.29 is 0 Å². The number of nitrogens with one attached hydrogen (secondary N) is 1. The molecule has 0 fully saturated rings. The number of hydrogen-bond donors (Lipinski definition) is 1. The quantitative estimate of drug-likeness (QED) is 0.715. The van der Waals surface area contributed by atoms with Crippen LogP contribution in [-0.2, 0) is 12.0 Å². The van der Waals surface area contributed by atoms with Gasteiger partial charge in [0.25, 0.3) is 0 Å². The molecule has 0 bridgehead atoms. The predicted octanol–water partition coefficient (Wildman–Crippen LogP) is 4.76. The fourth-order valence-electron chi connectivity index (χ4n) is 2.00. The van der Waals surface area contributed by atoms with Gasteiger partial charge in [0.2, 0.25) is 0 Å². The van der Waals surface area contributed by atoms with Crippen molar-refractivity contribution in [3.8, 4) is 0 Å². The normalized spacial score (nSPS) is 11.8. The van der Waals surface area contributed by atoms with Crippen molar-refractivity contribution in [2.75, 3.05) is 5.32 Å². The fraction of sp³-hybridized carbons (Fsp3) is 0.312. The van der Waals surface area contributed by atoms with E-state index in [0.717, 1.165) is 31.2 Å². The van der Waals surface area contributed by atoms with Gasteiger partial charge in [-0.2, -0.15) is 0 Å². The van der Waals surface area contributed by atoms with Crippen molar-refractivity contribution in [1.82, 2.24) is 15.2 Å². The van der Waals surface area contributed by atoms with Crippen LogP contribution in [0.2, 0.25) is 0 Å². The molecule has 1 N–H and O–H groups in total. The highest BCUT2D eigenvalue weighted by atomic mass is 79.9. The number of hydrogen-bond acceptors (Lipinski definition) is 5. The number of anilines is 1. The van der Waals surface area contributed by atoms with Crippen molar-refractivity contribution in [3.05, 3.63) is 44.8 Å². The molecule has 22 heavy (non-hydrogen) atoms. The van der Waals surface area contributed by atoms with E-state index < -0.39 is 0 Å². The van der Waals surface area contributed by atoms with E-state index in [1.165, 1.54) is 0 Å². The molecule has 0 aliphatic carbocycles. The van der Waals surface area contributed by atoms with Gasteiger partial charge in [-0.3, -0.25) is 0 Å². The molecule has 0 radical (unpaired) electrons. The third kappa shape index (κ3) is 3.28. The van der Waals surface area contributed by atoms with Gasteiger partial charge >= 0.3 is 0 Å². The van der Waals surface area contributed by atoms with Crippen LogP contribution in [0.4, 0.5) is 5.82 Å². The van der Waals surface area contributed by atoms with E-state index in [1.54, 1.807) is 11.3 Å². The Bertz CT molecular complexity index is 807. The summed E-state index contributed by atoms with van der Waals surface area (Å²) in [5.41, 5.74) is 1.00. The van der Waals surface area contributed by atoms with E-state index in [0.29, 0.717) is 6.54 Å². The number of pyridine rings is 1. The number of fused-ring (bicyclic) bond motifs is 1. The lowest BCUT2D eigenvalue weighted by molar-refractivity contribution is 0.578. The van der Waals surface area contributed by atoms with Gasteiger partial charge in [-0.25, -0.2) is 4.98 Å². The first-order chi connectivity index (χ1) is 10.4. The van der Waals surface area contributed by atoms with Gasteiger partial charge in [0.15, 0.2) is 0 Å². The van der Waals surface area contributed by atoms with Crippen LogP contribution >= 0.6 is 27.3 Å². The largest absolute Gasteiger partial charge is 0.363 e. The van der Waals surface area contributed by atoms with Crippen molar-refractivity contribution in [2.45, 2.75) is 32.7 Å². The molecule has 3 aromatic rings. The van der Waals surface area contributed by atoms with Crippen LogP contribution in [0.15, 0.2) is 34.8 Å². The highest BCUT2D eigenvalue weighted by molar-refractivity contribution is 9.10. The van der Waals surface area contributed by atoms with E-state index in [1.807, 2.05) is 18.2 Å². The van der Waals surface area contributed by atoms with Crippen LogP contribution in [0.3, 0.4) is 0 Å². The lowest BCUT2D eigenvalue weighted by atomic mass is 9.98. The molecule has 0 aliphatic heterocycles. The molecule has 0 unspecified atom stereocenters. The summed E-state index contributed by atoms with van der Waals surface area (Å²) in [4.78, 5) is 4.64. The molecule has 4 nitrogen and oxygen atoms in total. The first kappa shape index (κ1) is 15.4. The second-order valence-corrected chi connectivity index (χ2v) is 8.03. The van der Waals surface area contributed by atoms with Crippen LogP contribution in [0, 0.1) is 0 Å². The standard InChI is InChI=1S/C16H17BrN4S/c1-16(2,3)15-21-20-13(22-15)9-18-12-8-7-10-5-4-6-11(17)14(10)19-12/h4-8H,9H2,1-3H3,(H,18,19). The van der Waals surface area contributed by atoms with Gasteiger partial charge in [-0.15, -0.1) is 10.2 Å². The van der Waals surface area contributed by atoms with Crippen LogP contribution in [0.5, 0.6) is 0 Å². The maximum Gasteiger partial charge on any atom is 0.136 e. The Morgan fingerprint density at radius 2 is 1.95 bits per heavy atom. The summed E-state index contributed by atoms with van der Waals surface area (Å²) in [6.45, 7) is 7.07. The topological polar surface area (TPSA) is 50.7 Å². The molecule has 0 atom stereocenters. The van der Waals surface area contributed by atoms with Gasteiger partial charge < -0.3 is 5.32 Å². The Hall–Kier alpha value is -1.53. The van der Waals surface area contributed by atoms with Crippen molar-refractivity contribution in [3.63, 3.8) is 0 Å². The molecule has 0 aliphatic rings. The zero-order chi connectivity index (χ0) is 15.7. The van der Waals surface area contributed by atoms with E-state index >= 15 is 0 Å². The molecule has 114 valence electrons. The monoisotopic (exact) mass is 376 g/mol. The number of para-hydroxylation sites is 1. The minimum absolute atomic E-state index is 0.0436. The first-order valence-corrected chi connectivity index (χ1v) is 8.66. The van der Waals surface area contributed by atoms with Gasteiger partial charge in [0.05, 0.1) is 12.1 Å². The van der Waals surface area contributed by atoms with Crippen LogP contribution in [0.25, 0.3) is 10.9 Å². The van der Waals surface area contributed by atoms with E-state index in [4.69, 9.17) is 0 Å². The second kappa shape index (κ2) is 5.93. The maximum absolute atomic E-state index is 4.64. The number of rotatable bonds is 3. The Morgan fingerprint density at radius 1 is 1.14 bits per heavy atom. The molecule has 0 saturated heterocycles. The summed E-state index contributed by atoms with van der Waals surface area (Å²) in [6.07, 6.45) is 0. The minimum atomic E-state index is 0.0436. The van der Waals surface area contributed by atoms with Crippen molar-refractivity contribution in [2.24, 2.45) is 0 Å². The van der Waals surface area contributed by atoms with E-state index in [2.05, 4.69) is 69.3 Å². The Kier molecular flexibility index (Phi) is 4.14. The molecule has 3 rings (SSSR count). The highest BCUT2D eigenvalue weighted by Gasteiger charge is 2.19. The fourth-order valence-corrected chi connectivity index (χ4v) is 3.31. The molecular weight excluding hydrogens is 360 g/mol. The van der Waals surface area contributed by atoms with Gasteiger partial charge in [0.1, 0.15) is 15.8 Å². The zero-order valence-electron chi connectivity index (χ0n) is 12.7. The molecule has 2 heterocycles. The summed E-state index contributed by atoms with van der Waals surface area (Å²) in [5, 5.41) is 15.0. The van der Waals surface area contributed by atoms with Gasteiger partial charge in [0, 0.05) is 15.3 Å². The summed E-state index contributed by atoms with van der Waals surface area (Å²) in [7, 11) is 0. The minimum Gasteiger partial charge on any atom is -0.363 e. The number of benzene rings is 1. The average molecular weight is 377 g/mol. The van der Waals surface area contributed by atoms with Gasteiger partial charge in [-0.05, 0) is 34.1 Å². The molecular formula is C16H17BrN4S. The molecule has 0 amide bonds. The third-order valence-electron chi connectivity index (χ3n) is 3.20. The average Bonchev–Trinajstić information content (AvgIpc) is 2.95. The van der Waals surface area contributed by atoms with Crippen LogP contribution in [-0.4, -0.2) is 15.2 Å². The maximum atomic E-state index is 4.64. The lowest BCUT2D eigenvalue weighted by Crippen LogP contribution is -2.10. The van der Waals surface area contributed by atoms with E-state index in [9.17, 15) is 0 Å². The zero-order valence-corrected chi connectivity index (χ0v) is 15.1. The predicted molar refractivity (Wildman–Crippen MR) is 95.4 cm³/mol. The summed E-state index contributed by atoms with van der Waals surface area (Å²) in [6, 6.07) is 10.1. The number of nitrogens with zero attached hydrogens (tertiary/aromatic N) is 3. The Balaban J connectivity index is 1.76. The molecule has 0 saturated carbocycles. The van der Waals surface area contributed by atoms with E-state index in [-0.39, 0.29) is 5.41 Å². The number of aromatic nitrogens is 3. The summed E-state index contributed by atoms with van der Waals surface area (Å²) >= 11 is 5.19. The van der Waals surface area contributed by atoms with Gasteiger partial charge in [-0.1, -0.05) is 44.2 Å². The first-order valence-electron chi connectivity index (χ1n) is 7.05. The Labute approximate surface area is 142 Å². The summed E-state index contributed by atoms with van der Waals surface area (Å²) < 4.78 is 1.000. The molecule has 1 aromatic carbocycles. The molecule has 2 aromatic heterocycles. The SMILES string of the molecule is CC(C)(C)c1nnc(CNc2ccc3cccc(Br)c3n2)s1. The summed E-state index contributed by atoms with van der Waals surface area (Å²) in [5.74, 6) is 0.840. The molecule has 6 heteroatoms. The third-order valence-corrected chi connectivity index (χ3v) is 5.19. The smallest absolute Gasteiger partial charge is 0.136 e. The van der Waals surface area contributed by atoms with Crippen LogP contribution < -0.4 is 5.32 Å². The van der Waals surface area contributed by atoms with Crippen molar-refractivity contribution >= 4 is 44.0 Å². The second-order valence-electron chi connectivity index (χ2n) is 6.11. The lowest BCUT2D eigenvalue weighted by Gasteiger charge is -2.12. The Morgan fingerprint density at radius 3 is 2.68 bits per heavy atom. The van der Waals surface area contributed by atoms with Crippen LogP contribution in [0.1, 0.15) is 30.8 Å². The molecule has 0 spiro atoms. The van der Waals surface area contributed by atoms with Crippen molar-refractivity contribution in [1.29, 1.82) is 0 Å². The number of halogens is 1. The highest BCUT2D eigenvalue weighted by Crippen LogP contribution is 2.26.